The van der Waals surface area contributed by atoms with Crippen molar-refractivity contribution in [3.63, 3.8) is 0 Å². The third kappa shape index (κ3) is 9.84. The van der Waals surface area contributed by atoms with Gasteiger partial charge in [-0.25, -0.2) is 0 Å². The molecule has 12 heteroatoms. The van der Waals surface area contributed by atoms with Crippen LogP contribution in [0.2, 0.25) is 0 Å². The highest BCUT2D eigenvalue weighted by Crippen LogP contribution is 2.64. The quantitative estimate of drug-likeness (QED) is 0.0725. The molecule has 0 amide bonds. The molecular formula is C74H83N3O9. The number of aliphatic hydroxyl groups is 2. The van der Waals surface area contributed by atoms with Gasteiger partial charge < -0.3 is 54.4 Å². The Bertz CT molecular complexity index is 3730. The lowest BCUT2D eigenvalue weighted by Crippen LogP contribution is -2.64. The normalized spacial score (nSPS) is 28.4. The minimum atomic E-state index is -0.670. The highest BCUT2D eigenvalue weighted by Gasteiger charge is 2.63. The minimum absolute atomic E-state index is 0.0376. The number of benzene rings is 5. The number of hydrogen-bond donors (Lipinski definition) is 7. The Morgan fingerprint density at radius 3 is 2.49 bits per heavy atom. The van der Waals surface area contributed by atoms with E-state index in [1.807, 2.05) is 18.2 Å². The van der Waals surface area contributed by atoms with Crippen LogP contribution < -0.4 is 15.4 Å². The predicted octanol–water partition coefficient (Wildman–Crippen LogP) is 12.0. The van der Waals surface area contributed by atoms with Gasteiger partial charge in [-0.2, -0.15) is 0 Å². The van der Waals surface area contributed by atoms with E-state index in [4.69, 9.17) is 18.9 Å². The summed E-state index contributed by atoms with van der Waals surface area (Å²) in [7, 11) is 1.77. The maximum absolute atomic E-state index is 12.5. The summed E-state index contributed by atoms with van der Waals surface area (Å²) in [5.41, 5.74) is 15.1. The number of nitrogens with one attached hydrogen (secondary N) is 2. The lowest BCUT2D eigenvalue weighted by atomic mass is 9.45. The number of aryl methyl sites for hydroxylation is 3. The lowest BCUT2D eigenvalue weighted by molar-refractivity contribution is -0.193. The first-order chi connectivity index (χ1) is 42.0. The van der Waals surface area contributed by atoms with Crippen LogP contribution in [0.5, 0.6) is 23.0 Å². The number of aromatic nitrogens is 1. The van der Waals surface area contributed by atoms with Crippen molar-refractivity contribution in [1.29, 1.82) is 0 Å². The van der Waals surface area contributed by atoms with Gasteiger partial charge in [0.25, 0.3) is 0 Å². The summed E-state index contributed by atoms with van der Waals surface area (Å²) in [5, 5.41) is 66.6. The number of fused-ring (bicyclic) bond motifs is 5. The SMILES string of the molecule is COC1CCC2=C3C#CC(CCc4ccc(O)c(Cc5cccc(O)c5)c4)CCCC4CC(O)C5CCc6c(c(CO)cc(O)c6OCc6cc(C78c9c%10cccc9CCC7C7(CCCCC7)OCC8CC%10)cc7cn(cc67)C(=C3CO4)NC2N1)C5. The maximum Gasteiger partial charge on any atom is 0.164 e. The number of rotatable bonds is 8. The fourth-order valence-electron chi connectivity index (χ4n) is 18.0. The van der Waals surface area contributed by atoms with Crippen LogP contribution in [0, 0.1) is 35.5 Å². The monoisotopic (exact) mass is 1160 g/mol. The van der Waals surface area contributed by atoms with Gasteiger partial charge in [-0.05, 0) is 213 Å². The van der Waals surface area contributed by atoms with Crippen LogP contribution in [-0.4, -0.2) is 80.6 Å². The third-order valence-corrected chi connectivity index (χ3v) is 22.2. The zero-order valence-corrected chi connectivity index (χ0v) is 49.8. The van der Waals surface area contributed by atoms with Gasteiger partial charge in [0.15, 0.2) is 11.5 Å². The van der Waals surface area contributed by atoms with Crippen LogP contribution in [0.25, 0.3) is 16.6 Å². The molecule has 10 aliphatic rings. The summed E-state index contributed by atoms with van der Waals surface area (Å²) >= 11 is 0. The van der Waals surface area contributed by atoms with E-state index in [-0.39, 0.29) is 71.8 Å². The zero-order valence-electron chi connectivity index (χ0n) is 49.8. The van der Waals surface area contributed by atoms with Crippen molar-refractivity contribution in [2.24, 2.45) is 23.7 Å². The molecule has 4 aliphatic carbocycles. The summed E-state index contributed by atoms with van der Waals surface area (Å²) in [6.07, 6.45) is 21.8. The third-order valence-electron chi connectivity index (χ3n) is 22.2. The number of aromatic hydroxyl groups is 3. The van der Waals surface area contributed by atoms with Crippen LogP contribution >= 0.6 is 0 Å². The van der Waals surface area contributed by atoms with Gasteiger partial charge in [0, 0.05) is 70.7 Å². The fraction of sp³-hybridized carbons (Fsp3) is 0.486. The van der Waals surface area contributed by atoms with Gasteiger partial charge in [0.1, 0.15) is 36.3 Å². The van der Waals surface area contributed by atoms with E-state index in [0.29, 0.717) is 61.9 Å². The van der Waals surface area contributed by atoms with E-state index in [1.165, 1.54) is 41.5 Å². The second-order valence-corrected chi connectivity index (χ2v) is 26.9. The number of methoxy groups -OCH3 is 1. The molecule has 7 heterocycles. The molecule has 86 heavy (non-hydrogen) atoms. The number of dihydropyridines is 1. The summed E-state index contributed by atoms with van der Waals surface area (Å²) in [6, 6.07) is 27.0. The van der Waals surface area contributed by atoms with E-state index in [9.17, 15) is 25.5 Å². The molecule has 5 aromatic carbocycles. The molecule has 12 nitrogen and oxygen atoms in total. The van der Waals surface area contributed by atoms with Crippen LogP contribution in [0.15, 0.2) is 108 Å². The highest BCUT2D eigenvalue weighted by molar-refractivity contribution is 5.89. The van der Waals surface area contributed by atoms with E-state index in [2.05, 4.69) is 75.8 Å². The molecule has 1 spiro atoms. The molecule has 16 rings (SSSR count). The number of aliphatic hydroxyl groups excluding tert-OH is 2. The summed E-state index contributed by atoms with van der Waals surface area (Å²) < 4.78 is 30.1. The van der Waals surface area contributed by atoms with Gasteiger partial charge >= 0.3 is 0 Å². The van der Waals surface area contributed by atoms with Crippen LogP contribution in [0.3, 0.4) is 0 Å². The van der Waals surface area contributed by atoms with Gasteiger partial charge in [0.05, 0.1) is 37.6 Å². The number of hydrogen-bond acceptors (Lipinski definition) is 11. The molecule has 8 bridgehead atoms. The van der Waals surface area contributed by atoms with Crippen molar-refractivity contribution < 1.29 is 44.5 Å². The van der Waals surface area contributed by atoms with Crippen molar-refractivity contribution in [2.45, 2.75) is 184 Å². The maximum atomic E-state index is 12.5. The number of piperidine rings is 1. The molecule has 9 atom stereocenters. The van der Waals surface area contributed by atoms with Gasteiger partial charge in [0.2, 0.25) is 0 Å². The van der Waals surface area contributed by atoms with Crippen molar-refractivity contribution >= 4 is 16.6 Å². The van der Waals surface area contributed by atoms with Crippen LogP contribution in [-0.2, 0) is 71.4 Å². The lowest BCUT2D eigenvalue weighted by Gasteiger charge is -2.63. The number of phenols is 3. The van der Waals surface area contributed by atoms with Crippen molar-refractivity contribution in [1.82, 2.24) is 15.2 Å². The first kappa shape index (κ1) is 56.0. The van der Waals surface area contributed by atoms with Crippen molar-refractivity contribution in [3.05, 3.63) is 169 Å². The summed E-state index contributed by atoms with van der Waals surface area (Å²) in [4.78, 5) is 0. The minimum Gasteiger partial charge on any atom is -0.508 e. The van der Waals surface area contributed by atoms with E-state index >= 15 is 0 Å². The van der Waals surface area contributed by atoms with Crippen LogP contribution in [0.1, 0.15) is 158 Å². The number of nitrogens with zero attached hydrogens (tertiary/aromatic N) is 1. The zero-order chi connectivity index (χ0) is 58.3. The molecular weight excluding hydrogens is 1070 g/mol. The largest absolute Gasteiger partial charge is 0.508 e. The summed E-state index contributed by atoms with van der Waals surface area (Å²) in [6.45, 7) is 1.04. The molecule has 6 aliphatic heterocycles. The Kier molecular flexibility index (Phi) is 14.9. The fourth-order valence-corrected chi connectivity index (χ4v) is 18.0. The Balaban J connectivity index is 0.897. The average molecular weight is 1160 g/mol. The second kappa shape index (κ2) is 22.9. The molecule has 3 fully saturated rings. The summed E-state index contributed by atoms with van der Waals surface area (Å²) in [5.74, 6) is 10.2. The topological polar surface area (TPSA) is 167 Å². The smallest absolute Gasteiger partial charge is 0.164 e. The van der Waals surface area contributed by atoms with Crippen molar-refractivity contribution in [2.75, 3.05) is 20.3 Å². The van der Waals surface area contributed by atoms with Crippen LogP contribution in [0.4, 0.5) is 0 Å². The number of phenolic OH excluding ortho intramolecular Hbond substituents is 3. The average Bonchev–Trinajstić information content (AvgIpc) is 0.770. The molecule has 0 radical (unpaired) electrons. The predicted molar refractivity (Wildman–Crippen MR) is 332 cm³/mol. The van der Waals surface area contributed by atoms with Gasteiger partial charge in [-0.3, -0.25) is 5.32 Å². The molecule has 1 saturated carbocycles. The van der Waals surface area contributed by atoms with E-state index < -0.39 is 6.10 Å². The molecule has 1 aromatic heterocycles. The Labute approximate surface area is 505 Å². The van der Waals surface area contributed by atoms with Gasteiger partial charge in [-0.1, -0.05) is 79.6 Å². The molecule has 9 unspecified atom stereocenters. The molecule has 6 aromatic rings. The molecule has 2 saturated heterocycles. The first-order valence-electron chi connectivity index (χ1n) is 32.5. The first-order valence-corrected chi connectivity index (χ1v) is 32.5. The Morgan fingerprint density at radius 1 is 0.779 bits per heavy atom. The highest BCUT2D eigenvalue weighted by atomic mass is 16.5. The molecule has 448 valence electrons. The Morgan fingerprint density at radius 2 is 1.64 bits per heavy atom. The van der Waals surface area contributed by atoms with E-state index in [0.717, 1.165) is 151 Å². The number of ether oxygens (including phenoxy) is 4. The van der Waals surface area contributed by atoms with Crippen molar-refractivity contribution in [3.8, 4) is 34.8 Å². The Hall–Kier alpha value is -6.56. The second-order valence-electron chi connectivity index (χ2n) is 26.9. The van der Waals surface area contributed by atoms with Gasteiger partial charge in [-0.15, -0.1) is 0 Å². The standard InChI is InChI=1S/C74H83N3O9/c1-83-68-27-24-60-58-22-16-44(14-15-45-17-25-64(80)50(30-45)31-46-9-5-12-56(79)32-46)8-6-13-57-37-65(81)49-19-23-59-61(35-49)52(40-78)36-66(82)70(59)85-41-53-34-55(33-51-38-77(39-62(51)53)72(63(58)43-84-57)76-71(60)75-68)74-54-21-18-47-10-7-11-48(69(47)74)20-26-67(74)73(86-42-54)28-3-2-4-29-73/h5,7,9-12,17,25,30,32-34,36,38-39,44,49,54,57,65,67-68,71,75-76,78-82H,2-4,6,8,13-15,18-21,23-24,26-29,31,35,37,40-43H2,1H3. The molecule has 7 N–H and O–H groups in total. The van der Waals surface area contributed by atoms with E-state index in [1.54, 1.807) is 36.9 Å².